The number of benzene rings is 1. The highest BCUT2D eigenvalue weighted by Crippen LogP contribution is 2.21. The monoisotopic (exact) mass is 301 g/mol. The van der Waals surface area contributed by atoms with Crippen LogP contribution in [0.5, 0.6) is 11.5 Å². The Labute approximate surface area is 119 Å². The lowest BCUT2D eigenvalue weighted by Gasteiger charge is -2.10. The number of aryl methyl sites for hydroxylation is 1. The maximum atomic E-state index is 12.0. The van der Waals surface area contributed by atoms with Gasteiger partial charge in [0, 0.05) is 7.05 Å². The first-order chi connectivity index (χ1) is 9.85. The van der Waals surface area contributed by atoms with E-state index < -0.39 is 12.8 Å². The normalized spacial score (nSPS) is 11.5. The largest absolute Gasteiger partial charge is 0.486 e. The van der Waals surface area contributed by atoms with E-state index in [2.05, 4.69) is 14.9 Å². The molecule has 0 fully saturated rings. The van der Waals surface area contributed by atoms with Crippen LogP contribution in [0.2, 0.25) is 0 Å². The van der Waals surface area contributed by atoms with Gasteiger partial charge < -0.3 is 14.0 Å². The number of hydrogen-bond acceptors (Lipinski definition) is 4. The van der Waals surface area contributed by atoms with E-state index in [1.807, 2.05) is 14.0 Å². The highest BCUT2D eigenvalue weighted by Gasteiger charge is 2.28. The van der Waals surface area contributed by atoms with Gasteiger partial charge in [0.05, 0.1) is 0 Å². The van der Waals surface area contributed by atoms with Crippen molar-refractivity contribution in [3.8, 4) is 11.5 Å². The molecule has 0 unspecified atom stereocenters. The van der Waals surface area contributed by atoms with Crippen molar-refractivity contribution in [3.05, 3.63) is 35.9 Å². The standard InChI is InChI=1S/C13H14F3N3O2/c1-9-17-18-12(19(9)2)7-20-10-3-5-11(6-4-10)21-8-13(14,15)16/h3-6H,7-8H2,1-2H3. The van der Waals surface area contributed by atoms with E-state index in [0.717, 1.165) is 5.82 Å². The summed E-state index contributed by atoms with van der Waals surface area (Å²) in [6, 6.07) is 5.91. The van der Waals surface area contributed by atoms with E-state index in [9.17, 15) is 13.2 Å². The summed E-state index contributed by atoms with van der Waals surface area (Å²) in [4.78, 5) is 0. The van der Waals surface area contributed by atoms with Gasteiger partial charge in [0.25, 0.3) is 0 Å². The minimum Gasteiger partial charge on any atom is -0.486 e. The molecule has 0 saturated heterocycles. The molecule has 0 saturated carbocycles. The van der Waals surface area contributed by atoms with Crippen LogP contribution in [0.1, 0.15) is 11.6 Å². The lowest BCUT2D eigenvalue weighted by Crippen LogP contribution is -2.19. The Morgan fingerprint density at radius 1 is 1.05 bits per heavy atom. The highest BCUT2D eigenvalue weighted by atomic mass is 19.4. The number of ether oxygens (including phenoxy) is 2. The van der Waals surface area contributed by atoms with Gasteiger partial charge in [-0.3, -0.25) is 0 Å². The zero-order chi connectivity index (χ0) is 15.5. The van der Waals surface area contributed by atoms with Crippen LogP contribution in [-0.2, 0) is 13.7 Å². The van der Waals surface area contributed by atoms with Crippen LogP contribution >= 0.6 is 0 Å². The molecule has 0 spiro atoms. The minimum absolute atomic E-state index is 0.133. The van der Waals surface area contributed by atoms with E-state index in [4.69, 9.17) is 4.74 Å². The molecule has 1 aromatic heterocycles. The van der Waals surface area contributed by atoms with Gasteiger partial charge in [-0.05, 0) is 31.2 Å². The fraction of sp³-hybridized carbons (Fsp3) is 0.385. The summed E-state index contributed by atoms with van der Waals surface area (Å²) in [6.07, 6.45) is -4.35. The Hall–Kier alpha value is -2.25. The van der Waals surface area contributed by atoms with Gasteiger partial charge in [-0.1, -0.05) is 0 Å². The van der Waals surface area contributed by atoms with Gasteiger partial charge in [-0.15, -0.1) is 10.2 Å². The van der Waals surface area contributed by atoms with Crippen LogP contribution in [-0.4, -0.2) is 27.5 Å². The smallest absolute Gasteiger partial charge is 0.422 e. The van der Waals surface area contributed by atoms with Crippen molar-refractivity contribution in [1.82, 2.24) is 14.8 Å². The molecule has 2 aromatic rings. The van der Waals surface area contributed by atoms with E-state index in [0.29, 0.717) is 11.6 Å². The fourth-order valence-corrected chi connectivity index (χ4v) is 1.52. The van der Waals surface area contributed by atoms with Crippen molar-refractivity contribution >= 4 is 0 Å². The van der Waals surface area contributed by atoms with E-state index in [1.165, 1.54) is 24.3 Å². The first-order valence-corrected chi connectivity index (χ1v) is 6.12. The second kappa shape index (κ2) is 6.02. The Morgan fingerprint density at radius 2 is 1.62 bits per heavy atom. The van der Waals surface area contributed by atoms with E-state index in [1.54, 1.807) is 4.57 Å². The summed E-state index contributed by atoms with van der Waals surface area (Å²) in [7, 11) is 1.82. The Bertz CT molecular complexity index is 594. The number of alkyl halides is 3. The van der Waals surface area contributed by atoms with Crippen molar-refractivity contribution in [2.24, 2.45) is 7.05 Å². The molecule has 1 aromatic carbocycles. The third-order valence-electron chi connectivity index (χ3n) is 2.78. The molecule has 0 amide bonds. The number of aromatic nitrogens is 3. The third-order valence-corrected chi connectivity index (χ3v) is 2.78. The summed E-state index contributed by atoms with van der Waals surface area (Å²) >= 11 is 0. The molecular weight excluding hydrogens is 287 g/mol. The molecule has 0 aliphatic heterocycles. The van der Waals surface area contributed by atoms with Crippen molar-refractivity contribution < 1.29 is 22.6 Å². The van der Waals surface area contributed by atoms with E-state index in [-0.39, 0.29) is 12.4 Å². The summed E-state index contributed by atoms with van der Waals surface area (Å²) < 4.78 is 47.9. The summed E-state index contributed by atoms with van der Waals surface area (Å²) in [6.45, 7) is 0.731. The van der Waals surface area contributed by atoms with Crippen molar-refractivity contribution in [3.63, 3.8) is 0 Å². The average molecular weight is 301 g/mol. The summed E-state index contributed by atoms with van der Waals surface area (Å²) in [5, 5.41) is 7.84. The van der Waals surface area contributed by atoms with Crippen LogP contribution < -0.4 is 9.47 Å². The van der Waals surface area contributed by atoms with Crippen LogP contribution in [0.25, 0.3) is 0 Å². The Balaban J connectivity index is 1.89. The molecule has 1 heterocycles. The predicted octanol–water partition coefficient (Wildman–Crippen LogP) is 2.64. The molecule has 2 rings (SSSR count). The number of rotatable bonds is 5. The lowest BCUT2D eigenvalue weighted by atomic mass is 10.3. The molecule has 8 heteroatoms. The van der Waals surface area contributed by atoms with Gasteiger partial charge in [-0.2, -0.15) is 13.2 Å². The van der Waals surface area contributed by atoms with Crippen LogP contribution in [0, 0.1) is 6.92 Å². The average Bonchev–Trinajstić information content (AvgIpc) is 2.75. The highest BCUT2D eigenvalue weighted by molar-refractivity contribution is 5.31. The number of halogens is 3. The van der Waals surface area contributed by atoms with Crippen LogP contribution in [0.3, 0.4) is 0 Å². The molecule has 114 valence electrons. The zero-order valence-electron chi connectivity index (χ0n) is 11.5. The number of nitrogens with zero attached hydrogens (tertiary/aromatic N) is 3. The first-order valence-electron chi connectivity index (χ1n) is 6.12. The second-order valence-corrected chi connectivity index (χ2v) is 4.39. The molecule has 0 atom stereocenters. The Kier molecular flexibility index (Phi) is 4.35. The molecule has 0 aliphatic rings. The van der Waals surface area contributed by atoms with Crippen LogP contribution in [0.15, 0.2) is 24.3 Å². The van der Waals surface area contributed by atoms with Gasteiger partial charge in [0.15, 0.2) is 12.4 Å². The van der Waals surface area contributed by atoms with E-state index >= 15 is 0 Å². The SMILES string of the molecule is Cc1nnc(COc2ccc(OCC(F)(F)F)cc2)n1C. The van der Waals surface area contributed by atoms with Crippen molar-refractivity contribution in [2.45, 2.75) is 19.7 Å². The minimum atomic E-state index is -4.35. The van der Waals surface area contributed by atoms with Gasteiger partial charge in [0.2, 0.25) is 0 Å². The Morgan fingerprint density at radius 3 is 2.10 bits per heavy atom. The first kappa shape index (κ1) is 15.1. The van der Waals surface area contributed by atoms with Gasteiger partial charge in [0.1, 0.15) is 23.9 Å². The van der Waals surface area contributed by atoms with Crippen molar-refractivity contribution in [1.29, 1.82) is 0 Å². The zero-order valence-corrected chi connectivity index (χ0v) is 11.5. The molecule has 0 radical (unpaired) electrons. The second-order valence-electron chi connectivity index (χ2n) is 4.39. The molecule has 5 nitrogen and oxygen atoms in total. The molecule has 0 bridgehead atoms. The van der Waals surface area contributed by atoms with Gasteiger partial charge in [-0.25, -0.2) is 0 Å². The summed E-state index contributed by atoms with van der Waals surface area (Å²) in [5.74, 6) is 2.07. The molecular formula is C13H14F3N3O2. The lowest BCUT2D eigenvalue weighted by molar-refractivity contribution is -0.153. The topological polar surface area (TPSA) is 49.2 Å². The quantitative estimate of drug-likeness (QED) is 0.852. The predicted molar refractivity (Wildman–Crippen MR) is 68.1 cm³/mol. The van der Waals surface area contributed by atoms with Crippen molar-refractivity contribution in [2.75, 3.05) is 6.61 Å². The maximum absolute atomic E-state index is 12.0. The number of hydrogen-bond donors (Lipinski definition) is 0. The summed E-state index contributed by atoms with van der Waals surface area (Å²) in [5.41, 5.74) is 0. The fourth-order valence-electron chi connectivity index (χ4n) is 1.52. The van der Waals surface area contributed by atoms with Crippen LogP contribution in [0.4, 0.5) is 13.2 Å². The maximum Gasteiger partial charge on any atom is 0.422 e. The third kappa shape index (κ3) is 4.37. The molecule has 0 aliphatic carbocycles. The molecule has 0 N–H and O–H groups in total. The van der Waals surface area contributed by atoms with Gasteiger partial charge >= 0.3 is 6.18 Å². The molecule has 21 heavy (non-hydrogen) atoms.